The summed E-state index contributed by atoms with van der Waals surface area (Å²) < 4.78 is 0. The molecule has 1 saturated carbocycles. The number of fused-ring (bicyclic) bond motifs is 1. The zero-order valence-corrected chi connectivity index (χ0v) is 10.4. The van der Waals surface area contributed by atoms with Crippen LogP contribution in [-0.2, 0) is 0 Å². The van der Waals surface area contributed by atoms with Gasteiger partial charge in [-0.25, -0.2) is 4.98 Å². The molecule has 3 rings (SSSR count). The van der Waals surface area contributed by atoms with E-state index in [0.29, 0.717) is 12.4 Å². The lowest BCUT2D eigenvalue weighted by molar-refractivity contribution is -0.0614. The number of rotatable bonds is 1. The maximum atomic E-state index is 11.7. The second kappa shape index (κ2) is 4.39. The molecule has 0 amide bonds. The number of piperidine rings is 1. The maximum Gasteiger partial charge on any atom is 0.290 e. The first-order valence-electron chi connectivity index (χ1n) is 6.70. The first-order chi connectivity index (χ1) is 8.69. The van der Waals surface area contributed by atoms with Gasteiger partial charge in [0, 0.05) is 31.4 Å². The number of aromatic amines is 1. The summed E-state index contributed by atoms with van der Waals surface area (Å²) >= 11 is 0. The minimum atomic E-state index is -0.504. The number of anilines is 1. The van der Waals surface area contributed by atoms with Crippen molar-refractivity contribution in [1.29, 1.82) is 0 Å². The summed E-state index contributed by atoms with van der Waals surface area (Å²) in [5, 5.41) is 10.6. The molecular weight excluding hydrogens is 230 g/mol. The van der Waals surface area contributed by atoms with Gasteiger partial charge in [0.05, 0.1) is 5.60 Å². The van der Waals surface area contributed by atoms with Crippen LogP contribution in [0.5, 0.6) is 0 Å². The number of aliphatic hydroxyl groups is 1. The molecule has 2 aliphatic rings. The van der Waals surface area contributed by atoms with Gasteiger partial charge in [-0.1, -0.05) is 12.8 Å². The lowest BCUT2D eigenvalue weighted by atomic mass is 9.71. The Morgan fingerprint density at radius 1 is 1.44 bits per heavy atom. The summed E-state index contributed by atoms with van der Waals surface area (Å²) in [5.41, 5.74) is -0.644. The van der Waals surface area contributed by atoms with E-state index in [2.05, 4.69) is 9.97 Å². The van der Waals surface area contributed by atoms with Crippen LogP contribution in [-0.4, -0.2) is 33.8 Å². The highest BCUT2D eigenvalue weighted by molar-refractivity contribution is 5.36. The minimum absolute atomic E-state index is 0.140. The molecule has 0 bridgehead atoms. The monoisotopic (exact) mass is 249 g/mol. The Balaban J connectivity index is 1.82. The van der Waals surface area contributed by atoms with Crippen LogP contribution in [0.3, 0.4) is 0 Å². The number of hydrogen-bond donors (Lipinski definition) is 2. The molecular formula is C13H19N3O2. The predicted molar refractivity (Wildman–Crippen MR) is 68.6 cm³/mol. The van der Waals surface area contributed by atoms with Gasteiger partial charge >= 0.3 is 0 Å². The number of nitrogens with one attached hydrogen (secondary N) is 1. The van der Waals surface area contributed by atoms with E-state index in [-0.39, 0.29) is 11.5 Å². The molecule has 2 atom stereocenters. The van der Waals surface area contributed by atoms with Crippen molar-refractivity contribution in [3.63, 3.8) is 0 Å². The van der Waals surface area contributed by atoms with E-state index >= 15 is 0 Å². The van der Waals surface area contributed by atoms with Crippen LogP contribution in [0, 0.1) is 5.92 Å². The van der Waals surface area contributed by atoms with Crippen molar-refractivity contribution in [3.8, 4) is 0 Å². The highest BCUT2D eigenvalue weighted by Gasteiger charge is 2.43. The third-order valence-corrected chi connectivity index (χ3v) is 4.42. The minimum Gasteiger partial charge on any atom is -0.389 e. The van der Waals surface area contributed by atoms with Crippen molar-refractivity contribution in [2.24, 2.45) is 5.92 Å². The van der Waals surface area contributed by atoms with Crippen LogP contribution in [0.15, 0.2) is 17.2 Å². The summed E-state index contributed by atoms with van der Waals surface area (Å²) in [6.07, 6.45) is 8.16. The van der Waals surface area contributed by atoms with E-state index in [1.807, 2.05) is 4.90 Å². The van der Waals surface area contributed by atoms with Crippen LogP contribution >= 0.6 is 0 Å². The second-order valence-corrected chi connectivity index (χ2v) is 5.48. The van der Waals surface area contributed by atoms with Crippen molar-refractivity contribution in [1.82, 2.24) is 9.97 Å². The Morgan fingerprint density at radius 3 is 3.17 bits per heavy atom. The highest BCUT2D eigenvalue weighted by atomic mass is 16.3. The molecule has 1 saturated heterocycles. The molecule has 0 spiro atoms. The van der Waals surface area contributed by atoms with Gasteiger partial charge in [-0.2, -0.15) is 0 Å². The number of nitrogens with zero attached hydrogens (tertiary/aromatic N) is 2. The van der Waals surface area contributed by atoms with E-state index in [1.165, 1.54) is 6.42 Å². The molecule has 5 heteroatoms. The van der Waals surface area contributed by atoms with Crippen molar-refractivity contribution in [2.45, 2.75) is 37.7 Å². The molecule has 2 heterocycles. The zero-order valence-electron chi connectivity index (χ0n) is 10.4. The summed E-state index contributed by atoms with van der Waals surface area (Å²) in [4.78, 5) is 20.6. The molecule has 1 aliphatic carbocycles. The molecule has 1 aliphatic heterocycles. The predicted octanol–water partition coefficient (Wildman–Crippen LogP) is 0.901. The van der Waals surface area contributed by atoms with Crippen molar-refractivity contribution < 1.29 is 5.11 Å². The van der Waals surface area contributed by atoms with Gasteiger partial charge in [0.25, 0.3) is 5.56 Å². The van der Waals surface area contributed by atoms with Gasteiger partial charge in [-0.3, -0.25) is 4.79 Å². The molecule has 98 valence electrons. The molecule has 1 aromatic rings. The fourth-order valence-electron chi connectivity index (χ4n) is 3.33. The largest absolute Gasteiger partial charge is 0.389 e. The Labute approximate surface area is 106 Å². The van der Waals surface area contributed by atoms with E-state index < -0.39 is 5.60 Å². The smallest absolute Gasteiger partial charge is 0.290 e. The van der Waals surface area contributed by atoms with Crippen LogP contribution in [0.2, 0.25) is 0 Å². The Bertz CT molecular complexity index is 487. The maximum absolute atomic E-state index is 11.7. The van der Waals surface area contributed by atoms with E-state index in [0.717, 1.165) is 32.2 Å². The average Bonchev–Trinajstić information content (AvgIpc) is 2.38. The molecule has 5 nitrogen and oxygen atoms in total. The van der Waals surface area contributed by atoms with E-state index in [4.69, 9.17) is 0 Å². The first-order valence-corrected chi connectivity index (χ1v) is 6.70. The second-order valence-electron chi connectivity index (χ2n) is 5.48. The number of aromatic nitrogens is 2. The average molecular weight is 249 g/mol. The van der Waals surface area contributed by atoms with Crippen LogP contribution < -0.4 is 10.5 Å². The number of H-pyrrole nitrogens is 1. The summed E-state index contributed by atoms with van der Waals surface area (Å²) in [5.74, 6) is 0.770. The third kappa shape index (κ3) is 1.92. The Kier molecular flexibility index (Phi) is 2.86. The summed E-state index contributed by atoms with van der Waals surface area (Å²) in [6.45, 7) is 1.46. The SMILES string of the molecule is O=c1[nH]ccnc1N1CCC2(O)CCCCC2C1. The molecule has 2 N–H and O–H groups in total. The highest BCUT2D eigenvalue weighted by Crippen LogP contribution is 2.40. The third-order valence-electron chi connectivity index (χ3n) is 4.42. The van der Waals surface area contributed by atoms with Crippen molar-refractivity contribution >= 4 is 5.82 Å². The molecule has 18 heavy (non-hydrogen) atoms. The fourth-order valence-corrected chi connectivity index (χ4v) is 3.33. The van der Waals surface area contributed by atoms with E-state index in [9.17, 15) is 9.90 Å². The van der Waals surface area contributed by atoms with Gasteiger partial charge in [-0.15, -0.1) is 0 Å². The van der Waals surface area contributed by atoms with Crippen LogP contribution in [0.25, 0.3) is 0 Å². The Hall–Kier alpha value is -1.36. The molecule has 2 unspecified atom stereocenters. The summed E-state index contributed by atoms with van der Waals surface area (Å²) in [7, 11) is 0. The van der Waals surface area contributed by atoms with E-state index in [1.54, 1.807) is 12.4 Å². The first kappa shape index (κ1) is 11.7. The lowest BCUT2D eigenvalue weighted by Gasteiger charge is -2.47. The fraction of sp³-hybridized carbons (Fsp3) is 0.692. The molecule has 2 fully saturated rings. The van der Waals surface area contributed by atoms with Crippen LogP contribution in [0.4, 0.5) is 5.82 Å². The zero-order chi connectivity index (χ0) is 12.6. The van der Waals surface area contributed by atoms with Gasteiger partial charge in [0.15, 0.2) is 5.82 Å². The Morgan fingerprint density at radius 2 is 2.33 bits per heavy atom. The molecule has 0 radical (unpaired) electrons. The molecule has 0 aromatic carbocycles. The van der Waals surface area contributed by atoms with Crippen molar-refractivity contribution in [2.75, 3.05) is 18.0 Å². The normalized spacial score (nSPS) is 32.1. The number of hydrogen-bond acceptors (Lipinski definition) is 4. The van der Waals surface area contributed by atoms with Crippen LogP contribution in [0.1, 0.15) is 32.1 Å². The van der Waals surface area contributed by atoms with Crippen molar-refractivity contribution in [3.05, 3.63) is 22.7 Å². The standard InChI is InChI=1S/C13H19N3O2/c17-12-11(14-6-7-15-12)16-8-5-13(18)4-2-1-3-10(13)9-16/h6-7,10,18H,1-5,8-9H2,(H,15,17). The quantitative estimate of drug-likeness (QED) is 0.776. The van der Waals surface area contributed by atoms with Gasteiger partial charge in [-0.05, 0) is 19.3 Å². The van der Waals surface area contributed by atoms with Gasteiger partial charge in [0.2, 0.25) is 0 Å². The summed E-state index contributed by atoms with van der Waals surface area (Å²) in [6, 6.07) is 0. The topological polar surface area (TPSA) is 69.2 Å². The van der Waals surface area contributed by atoms with Gasteiger partial charge in [0.1, 0.15) is 0 Å². The van der Waals surface area contributed by atoms with Gasteiger partial charge < -0.3 is 15.0 Å². The lowest BCUT2D eigenvalue weighted by Crippen LogP contribution is -2.54. The molecule has 1 aromatic heterocycles.